The van der Waals surface area contributed by atoms with E-state index in [1.807, 2.05) is 0 Å². The lowest BCUT2D eigenvalue weighted by Gasteiger charge is -2.13. The number of methoxy groups -OCH3 is 2. The Bertz CT molecular complexity index is 1020. The number of benzene rings is 2. The maximum absolute atomic E-state index is 5.52. The number of hydrogen-bond donors (Lipinski definition) is 0. The van der Waals surface area contributed by atoms with Gasteiger partial charge in [-0.25, -0.2) is 0 Å². The van der Waals surface area contributed by atoms with Crippen LogP contribution in [-0.2, 0) is 6.54 Å². The monoisotopic (exact) mass is 509 g/mol. The van der Waals surface area contributed by atoms with Crippen LogP contribution in [0.3, 0.4) is 0 Å². The third kappa shape index (κ3) is 8.23. The normalized spacial score (nSPS) is 11.3. The standard InChI is InChI=1S/C32H47NO2S/c1-5-6-14-23-36-24-15-12-10-8-7-9-11-13-22-33-31-21-20-29(35-4)25-30(31)26(2)32(33)27-16-18-28(34-3)19-17-27/h16-21,25H,5-15,22-24H2,1-4H3. The number of unbranched alkanes of at least 4 members (excludes halogenated alkanes) is 9. The fourth-order valence-corrected chi connectivity index (χ4v) is 6.09. The highest BCUT2D eigenvalue weighted by molar-refractivity contribution is 7.99. The summed E-state index contributed by atoms with van der Waals surface area (Å²) in [5.74, 6) is 4.53. The highest BCUT2D eigenvalue weighted by atomic mass is 32.2. The Hall–Kier alpha value is -2.07. The molecular formula is C32H47NO2S. The molecule has 0 unspecified atom stereocenters. The predicted molar refractivity (Wildman–Crippen MR) is 159 cm³/mol. The minimum absolute atomic E-state index is 0.895. The van der Waals surface area contributed by atoms with Crippen molar-refractivity contribution in [2.75, 3.05) is 25.7 Å². The lowest BCUT2D eigenvalue weighted by atomic mass is 10.1. The second-order valence-electron chi connectivity index (χ2n) is 9.88. The van der Waals surface area contributed by atoms with Crippen LogP contribution >= 0.6 is 11.8 Å². The molecule has 0 spiro atoms. The molecule has 0 aliphatic carbocycles. The Labute approximate surface area is 224 Å². The Balaban J connectivity index is 1.49. The van der Waals surface area contributed by atoms with Gasteiger partial charge in [0.05, 0.1) is 19.9 Å². The van der Waals surface area contributed by atoms with E-state index in [1.54, 1.807) is 14.2 Å². The second kappa shape index (κ2) is 15.9. The van der Waals surface area contributed by atoms with E-state index in [4.69, 9.17) is 9.47 Å². The number of fused-ring (bicyclic) bond motifs is 1. The van der Waals surface area contributed by atoms with Gasteiger partial charge in [0.2, 0.25) is 0 Å². The largest absolute Gasteiger partial charge is 0.497 e. The van der Waals surface area contributed by atoms with Crippen molar-refractivity contribution in [3.8, 4) is 22.8 Å². The van der Waals surface area contributed by atoms with Gasteiger partial charge in [-0.1, -0.05) is 58.3 Å². The summed E-state index contributed by atoms with van der Waals surface area (Å²) in [6.07, 6.45) is 15.0. The zero-order valence-electron chi connectivity index (χ0n) is 23.1. The van der Waals surface area contributed by atoms with Gasteiger partial charge in [0, 0.05) is 17.4 Å². The summed E-state index contributed by atoms with van der Waals surface area (Å²) in [6.45, 7) is 5.57. The van der Waals surface area contributed by atoms with Crippen LogP contribution < -0.4 is 9.47 Å². The van der Waals surface area contributed by atoms with E-state index in [2.05, 4.69) is 72.6 Å². The Morgan fingerprint density at radius 2 is 1.28 bits per heavy atom. The van der Waals surface area contributed by atoms with Gasteiger partial charge in [0.25, 0.3) is 0 Å². The van der Waals surface area contributed by atoms with Gasteiger partial charge in [-0.3, -0.25) is 0 Å². The van der Waals surface area contributed by atoms with Crippen molar-refractivity contribution in [1.29, 1.82) is 0 Å². The molecule has 3 rings (SSSR count). The van der Waals surface area contributed by atoms with Crippen LogP contribution in [0.25, 0.3) is 22.2 Å². The van der Waals surface area contributed by atoms with E-state index in [0.29, 0.717) is 0 Å². The molecule has 0 N–H and O–H groups in total. The second-order valence-corrected chi connectivity index (χ2v) is 11.1. The van der Waals surface area contributed by atoms with Crippen LogP contribution in [0.15, 0.2) is 42.5 Å². The molecule has 0 aliphatic heterocycles. The molecule has 0 saturated heterocycles. The summed E-state index contributed by atoms with van der Waals surface area (Å²) in [6, 6.07) is 15.0. The van der Waals surface area contributed by atoms with Crippen LogP contribution in [0, 0.1) is 6.92 Å². The van der Waals surface area contributed by atoms with E-state index < -0.39 is 0 Å². The SMILES string of the molecule is CCCCCSCCCCCCCCCCn1c(-c2ccc(OC)cc2)c(C)c2cc(OC)ccc21. The van der Waals surface area contributed by atoms with Crippen molar-refractivity contribution in [2.45, 2.75) is 91.0 Å². The molecule has 1 aromatic heterocycles. The van der Waals surface area contributed by atoms with Crippen LogP contribution in [-0.4, -0.2) is 30.3 Å². The van der Waals surface area contributed by atoms with Crippen LogP contribution in [0.5, 0.6) is 11.5 Å². The van der Waals surface area contributed by atoms with Gasteiger partial charge in [-0.2, -0.15) is 11.8 Å². The van der Waals surface area contributed by atoms with E-state index in [9.17, 15) is 0 Å². The molecule has 0 fully saturated rings. The summed E-state index contributed by atoms with van der Waals surface area (Å²) in [4.78, 5) is 0. The molecular weight excluding hydrogens is 462 g/mol. The van der Waals surface area contributed by atoms with Gasteiger partial charge in [0.15, 0.2) is 0 Å². The molecule has 36 heavy (non-hydrogen) atoms. The number of aryl methyl sites for hydroxylation is 2. The zero-order chi connectivity index (χ0) is 25.6. The maximum atomic E-state index is 5.52. The highest BCUT2D eigenvalue weighted by Gasteiger charge is 2.16. The molecule has 0 radical (unpaired) electrons. The van der Waals surface area contributed by atoms with Crippen LogP contribution in [0.1, 0.15) is 83.1 Å². The molecule has 0 bridgehead atoms. The number of hydrogen-bond acceptors (Lipinski definition) is 3. The van der Waals surface area contributed by atoms with Gasteiger partial charge >= 0.3 is 0 Å². The van der Waals surface area contributed by atoms with Crippen molar-refractivity contribution in [3.05, 3.63) is 48.0 Å². The van der Waals surface area contributed by atoms with E-state index in [1.165, 1.54) is 110 Å². The quantitative estimate of drug-likeness (QED) is 0.159. The van der Waals surface area contributed by atoms with Crippen molar-refractivity contribution >= 4 is 22.7 Å². The Morgan fingerprint density at radius 1 is 0.694 bits per heavy atom. The minimum atomic E-state index is 0.895. The number of nitrogens with zero attached hydrogens (tertiary/aromatic N) is 1. The van der Waals surface area contributed by atoms with Gasteiger partial charge in [0.1, 0.15) is 11.5 Å². The average molecular weight is 510 g/mol. The summed E-state index contributed by atoms with van der Waals surface area (Å²) in [7, 11) is 3.46. The molecule has 0 amide bonds. The molecule has 1 heterocycles. The zero-order valence-corrected chi connectivity index (χ0v) is 23.9. The summed E-state index contributed by atoms with van der Waals surface area (Å²) in [5.41, 5.74) is 5.17. The fraction of sp³-hybridized carbons (Fsp3) is 0.562. The number of ether oxygens (including phenoxy) is 2. The van der Waals surface area contributed by atoms with E-state index in [0.717, 1.165) is 18.0 Å². The summed E-state index contributed by atoms with van der Waals surface area (Å²) >= 11 is 2.16. The Morgan fingerprint density at radius 3 is 1.92 bits per heavy atom. The molecule has 2 aromatic carbocycles. The smallest absolute Gasteiger partial charge is 0.119 e. The first-order valence-corrected chi connectivity index (χ1v) is 15.2. The summed E-state index contributed by atoms with van der Waals surface area (Å²) < 4.78 is 13.4. The van der Waals surface area contributed by atoms with Gasteiger partial charge in [-0.05, 0) is 91.3 Å². The lowest BCUT2D eigenvalue weighted by Crippen LogP contribution is -2.01. The fourth-order valence-electron chi connectivity index (χ4n) is 5.07. The van der Waals surface area contributed by atoms with E-state index >= 15 is 0 Å². The predicted octanol–water partition coefficient (Wildman–Crippen LogP) is 9.68. The molecule has 0 atom stereocenters. The highest BCUT2D eigenvalue weighted by Crippen LogP contribution is 2.36. The topological polar surface area (TPSA) is 23.4 Å². The number of aromatic nitrogens is 1. The minimum Gasteiger partial charge on any atom is -0.497 e. The van der Waals surface area contributed by atoms with Crippen LogP contribution in [0.2, 0.25) is 0 Å². The van der Waals surface area contributed by atoms with Crippen molar-refractivity contribution in [1.82, 2.24) is 4.57 Å². The first-order chi connectivity index (χ1) is 17.7. The third-order valence-electron chi connectivity index (χ3n) is 7.20. The van der Waals surface area contributed by atoms with Crippen molar-refractivity contribution in [2.24, 2.45) is 0 Å². The lowest BCUT2D eigenvalue weighted by molar-refractivity contribution is 0.415. The number of rotatable bonds is 18. The van der Waals surface area contributed by atoms with Gasteiger partial charge in [-0.15, -0.1) is 0 Å². The third-order valence-corrected chi connectivity index (χ3v) is 8.35. The number of thioether (sulfide) groups is 1. The molecule has 0 aliphatic rings. The Kier molecular flexibility index (Phi) is 12.6. The average Bonchev–Trinajstić information content (AvgIpc) is 3.19. The maximum Gasteiger partial charge on any atom is 0.119 e. The molecule has 198 valence electrons. The van der Waals surface area contributed by atoms with Gasteiger partial charge < -0.3 is 14.0 Å². The van der Waals surface area contributed by atoms with Crippen LogP contribution in [0.4, 0.5) is 0 Å². The molecule has 3 nitrogen and oxygen atoms in total. The van der Waals surface area contributed by atoms with Crippen molar-refractivity contribution in [3.63, 3.8) is 0 Å². The molecule has 4 heteroatoms. The van der Waals surface area contributed by atoms with Crippen molar-refractivity contribution < 1.29 is 9.47 Å². The molecule has 0 saturated carbocycles. The first kappa shape index (κ1) is 28.5. The van der Waals surface area contributed by atoms with E-state index in [-0.39, 0.29) is 0 Å². The summed E-state index contributed by atoms with van der Waals surface area (Å²) in [5, 5.41) is 1.28. The molecule has 3 aromatic rings. The first-order valence-electron chi connectivity index (χ1n) is 14.1.